The van der Waals surface area contributed by atoms with Crippen molar-refractivity contribution in [2.75, 3.05) is 19.0 Å². The Morgan fingerprint density at radius 1 is 1.21 bits per heavy atom. The zero-order chi connectivity index (χ0) is 9.97. The highest BCUT2D eigenvalue weighted by Gasteiger charge is 2.08. The fourth-order valence-electron chi connectivity index (χ4n) is 1.11. The number of nitrogens with zero attached hydrogens (tertiary/aromatic N) is 6. The standard InChI is InChI=1S/C8H10N6/c1-13(2)8-10-11-12-14(8)7-3-5-9-6-4-7/h3-6H,1-2H3. The summed E-state index contributed by atoms with van der Waals surface area (Å²) in [5.74, 6) is 0.691. The first-order chi connectivity index (χ1) is 6.79. The van der Waals surface area contributed by atoms with Gasteiger partial charge in [0.15, 0.2) is 0 Å². The normalized spacial score (nSPS) is 10.1. The molecule has 0 aliphatic heterocycles. The second kappa shape index (κ2) is 3.41. The van der Waals surface area contributed by atoms with E-state index in [4.69, 9.17) is 0 Å². The van der Waals surface area contributed by atoms with Gasteiger partial charge >= 0.3 is 0 Å². The Kier molecular flexibility index (Phi) is 2.10. The number of pyridine rings is 1. The maximum absolute atomic E-state index is 3.93. The van der Waals surface area contributed by atoms with Crippen LogP contribution in [0.2, 0.25) is 0 Å². The van der Waals surface area contributed by atoms with E-state index in [1.54, 1.807) is 17.1 Å². The van der Waals surface area contributed by atoms with Gasteiger partial charge in [0.2, 0.25) is 5.95 Å². The van der Waals surface area contributed by atoms with Crippen molar-refractivity contribution in [1.29, 1.82) is 0 Å². The lowest BCUT2D eigenvalue weighted by Gasteiger charge is -2.10. The van der Waals surface area contributed by atoms with Gasteiger partial charge < -0.3 is 4.90 Å². The summed E-state index contributed by atoms with van der Waals surface area (Å²) >= 11 is 0. The van der Waals surface area contributed by atoms with Gasteiger partial charge in [-0.15, -0.1) is 0 Å². The fraction of sp³-hybridized carbons (Fsp3) is 0.250. The minimum Gasteiger partial charge on any atom is -0.345 e. The van der Waals surface area contributed by atoms with Gasteiger partial charge in [0.1, 0.15) is 0 Å². The lowest BCUT2D eigenvalue weighted by molar-refractivity contribution is 0.783. The van der Waals surface area contributed by atoms with Crippen LogP contribution in [0.3, 0.4) is 0 Å². The topological polar surface area (TPSA) is 59.7 Å². The Balaban J connectivity index is 2.47. The number of aromatic nitrogens is 5. The lowest BCUT2D eigenvalue weighted by Crippen LogP contribution is -2.15. The van der Waals surface area contributed by atoms with Crippen molar-refractivity contribution in [2.24, 2.45) is 0 Å². The summed E-state index contributed by atoms with van der Waals surface area (Å²) in [4.78, 5) is 5.78. The predicted octanol–water partition coefficient (Wildman–Crippen LogP) is 0.123. The molecule has 0 radical (unpaired) electrons. The van der Waals surface area contributed by atoms with Gasteiger partial charge in [-0.05, 0) is 22.6 Å². The molecule has 0 aliphatic carbocycles. The summed E-state index contributed by atoms with van der Waals surface area (Å²) in [5.41, 5.74) is 0.897. The molecule has 6 nitrogen and oxygen atoms in total. The van der Waals surface area contributed by atoms with Crippen molar-refractivity contribution in [3.8, 4) is 5.69 Å². The molecule has 0 amide bonds. The highest BCUT2D eigenvalue weighted by atomic mass is 15.6. The second-order valence-corrected chi connectivity index (χ2v) is 2.99. The van der Waals surface area contributed by atoms with E-state index in [-0.39, 0.29) is 0 Å². The SMILES string of the molecule is CN(C)c1nnnn1-c1ccncc1. The largest absolute Gasteiger partial charge is 0.345 e. The number of hydrogen-bond acceptors (Lipinski definition) is 5. The molecule has 0 bridgehead atoms. The molecule has 2 rings (SSSR count). The predicted molar refractivity (Wildman–Crippen MR) is 51.3 cm³/mol. The van der Waals surface area contributed by atoms with Gasteiger partial charge in [-0.1, -0.05) is 5.10 Å². The van der Waals surface area contributed by atoms with E-state index in [1.165, 1.54) is 0 Å². The molecule has 0 unspecified atom stereocenters. The molecule has 72 valence electrons. The molecule has 0 N–H and O–H groups in total. The van der Waals surface area contributed by atoms with Crippen LogP contribution in [0, 0.1) is 0 Å². The van der Waals surface area contributed by atoms with Crippen LogP contribution in [-0.2, 0) is 0 Å². The molecule has 2 heterocycles. The Bertz CT molecular complexity index is 407. The van der Waals surface area contributed by atoms with Crippen LogP contribution in [0.5, 0.6) is 0 Å². The van der Waals surface area contributed by atoms with E-state index in [1.807, 2.05) is 31.1 Å². The number of hydrogen-bond donors (Lipinski definition) is 0. The molecule has 6 heteroatoms. The van der Waals surface area contributed by atoms with Gasteiger partial charge in [0.05, 0.1) is 5.69 Å². The number of anilines is 1. The van der Waals surface area contributed by atoms with Crippen molar-refractivity contribution in [3.05, 3.63) is 24.5 Å². The number of rotatable bonds is 2. The average molecular weight is 190 g/mol. The Hall–Kier alpha value is -1.98. The zero-order valence-corrected chi connectivity index (χ0v) is 7.99. The molecule has 0 spiro atoms. The summed E-state index contributed by atoms with van der Waals surface area (Å²) in [6.45, 7) is 0. The van der Waals surface area contributed by atoms with Crippen molar-refractivity contribution in [2.45, 2.75) is 0 Å². The van der Waals surface area contributed by atoms with E-state index in [9.17, 15) is 0 Å². The molecule has 2 aromatic heterocycles. The Morgan fingerprint density at radius 3 is 2.57 bits per heavy atom. The monoisotopic (exact) mass is 190 g/mol. The summed E-state index contributed by atoms with van der Waals surface area (Å²) in [6.07, 6.45) is 3.41. The van der Waals surface area contributed by atoms with Crippen molar-refractivity contribution in [3.63, 3.8) is 0 Å². The number of tetrazole rings is 1. The maximum atomic E-state index is 3.93. The first-order valence-corrected chi connectivity index (χ1v) is 4.15. The average Bonchev–Trinajstić information content (AvgIpc) is 2.67. The first kappa shape index (κ1) is 8.61. The molecule has 0 saturated carbocycles. The molecule has 2 aromatic rings. The molecule has 0 fully saturated rings. The van der Waals surface area contributed by atoms with Crippen LogP contribution < -0.4 is 4.90 Å². The third kappa shape index (κ3) is 1.41. The van der Waals surface area contributed by atoms with Gasteiger partial charge in [-0.25, -0.2) is 0 Å². The van der Waals surface area contributed by atoms with Crippen LogP contribution in [0.4, 0.5) is 5.95 Å². The lowest BCUT2D eigenvalue weighted by atomic mass is 10.4. The van der Waals surface area contributed by atoms with E-state index >= 15 is 0 Å². The molecule has 0 aliphatic rings. The molecule has 0 saturated heterocycles. The van der Waals surface area contributed by atoms with Crippen molar-refractivity contribution >= 4 is 5.95 Å². The van der Waals surface area contributed by atoms with E-state index in [0.29, 0.717) is 5.95 Å². The van der Waals surface area contributed by atoms with Gasteiger partial charge in [-0.3, -0.25) is 4.98 Å². The van der Waals surface area contributed by atoms with Gasteiger partial charge in [0.25, 0.3) is 0 Å². The third-order valence-electron chi connectivity index (χ3n) is 1.76. The van der Waals surface area contributed by atoms with Crippen LogP contribution in [0.15, 0.2) is 24.5 Å². The molecular formula is C8H10N6. The van der Waals surface area contributed by atoms with Crippen LogP contribution in [0.1, 0.15) is 0 Å². The van der Waals surface area contributed by atoms with E-state index < -0.39 is 0 Å². The van der Waals surface area contributed by atoms with Crippen molar-refractivity contribution < 1.29 is 0 Å². The minimum atomic E-state index is 0.691. The summed E-state index contributed by atoms with van der Waals surface area (Å²) in [5, 5.41) is 11.4. The quantitative estimate of drug-likeness (QED) is 0.673. The van der Waals surface area contributed by atoms with Crippen LogP contribution >= 0.6 is 0 Å². The summed E-state index contributed by atoms with van der Waals surface area (Å²) in [7, 11) is 3.78. The van der Waals surface area contributed by atoms with Gasteiger partial charge in [0, 0.05) is 26.5 Å². The van der Waals surface area contributed by atoms with E-state index in [2.05, 4.69) is 20.5 Å². The Labute approximate surface area is 81.2 Å². The maximum Gasteiger partial charge on any atom is 0.249 e. The second-order valence-electron chi connectivity index (χ2n) is 2.99. The highest BCUT2D eigenvalue weighted by molar-refractivity contribution is 5.37. The Morgan fingerprint density at radius 2 is 1.93 bits per heavy atom. The third-order valence-corrected chi connectivity index (χ3v) is 1.76. The highest BCUT2D eigenvalue weighted by Crippen LogP contribution is 2.11. The smallest absolute Gasteiger partial charge is 0.249 e. The molecule has 0 atom stereocenters. The first-order valence-electron chi connectivity index (χ1n) is 4.15. The van der Waals surface area contributed by atoms with Gasteiger partial charge in [-0.2, -0.15) is 4.68 Å². The molecule has 14 heavy (non-hydrogen) atoms. The molecular weight excluding hydrogens is 180 g/mol. The summed E-state index contributed by atoms with van der Waals surface area (Å²) < 4.78 is 1.65. The minimum absolute atomic E-state index is 0.691. The summed E-state index contributed by atoms with van der Waals surface area (Å²) in [6, 6.07) is 3.70. The molecule has 0 aromatic carbocycles. The zero-order valence-electron chi connectivity index (χ0n) is 7.99. The van der Waals surface area contributed by atoms with Crippen LogP contribution in [0.25, 0.3) is 5.69 Å². The van der Waals surface area contributed by atoms with Crippen LogP contribution in [-0.4, -0.2) is 39.3 Å². The van der Waals surface area contributed by atoms with Crippen molar-refractivity contribution in [1.82, 2.24) is 25.2 Å². The van der Waals surface area contributed by atoms with E-state index in [0.717, 1.165) is 5.69 Å². The fourth-order valence-corrected chi connectivity index (χ4v) is 1.11.